The molecular weight excluding hydrogens is 312 g/mol. The highest BCUT2D eigenvalue weighted by Gasteiger charge is 2.26. The summed E-state index contributed by atoms with van der Waals surface area (Å²) in [7, 11) is 1.63. The van der Waals surface area contributed by atoms with E-state index < -0.39 is 0 Å². The second-order valence-electron chi connectivity index (χ2n) is 6.14. The van der Waals surface area contributed by atoms with Crippen molar-refractivity contribution in [3.05, 3.63) is 70.9 Å². The van der Waals surface area contributed by atoms with Gasteiger partial charge in [0.15, 0.2) is 5.78 Å². The molecule has 4 nitrogen and oxygen atoms in total. The Kier molecular flexibility index (Phi) is 3.73. The van der Waals surface area contributed by atoms with Gasteiger partial charge < -0.3 is 10.5 Å². The molecule has 0 bridgehead atoms. The number of anilines is 1. The molecule has 124 valence electrons. The highest BCUT2D eigenvalue weighted by molar-refractivity contribution is 6.18. The van der Waals surface area contributed by atoms with Crippen LogP contribution in [0.5, 0.6) is 5.75 Å². The van der Waals surface area contributed by atoms with Gasteiger partial charge in [-0.2, -0.15) is 0 Å². The van der Waals surface area contributed by atoms with Crippen molar-refractivity contribution in [1.29, 1.82) is 0 Å². The van der Waals surface area contributed by atoms with Crippen molar-refractivity contribution in [1.82, 2.24) is 4.98 Å². The van der Waals surface area contributed by atoms with E-state index in [1.165, 1.54) is 0 Å². The first-order valence-corrected chi connectivity index (χ1v) is 8.24. The summed E-state index contributed by atoms with van der Waals surface area (Å²) in [6, 6.07) is 15.3. The molecule has 25 heavy (non-hydrogen) atoms. The molecule has 1 aliphatic rings. The van der Waals surface area contributed by atoms with Gasteiger partial charge in [-0.3, -0.25) is 9.78 Å². The van der Waals surface area contributed by atoms with Crippen LogP contribution in [-0.4, -0.2) is 17.9 Å². The van der Waals surface area contributed by atoms with Crippen LogP contribution < -0.4 is 10.5 Å². The van der Waals surface area contributed by atoms with Crippen LogP contribution in [0.15, 0.2) is 54.1 Å². The number of ketones is 1. The third kappa shape index (κ3) is 2.66. The average molecular weight is 330 g/mol. The zero-order valence-electron chi connectivity index (χ0n) is 14.0. The van der Waals surface area contributed by atoms with E-state index in [1.54, 1.807) is 7.11 Å². The number of methoxy groups -OCH3 is 1. The zero-order valence-corrected chi connectivity index (χ0v) is 14.0. The molecule has 1 aromatic heterocycles. The molecule has 0 unspecified atom stereocenters. The van der Waals surface area contributed by atoms with Gasteiger partial charge in [0.05, 0.1) is 29.6 Å². The summed E-state index contributed by atoms with van der Waals surface area (Å²) in [5.41, 5.74) is 10.7. The SMILES string of the molecule is COc1cccc(/C=C2\CCc3nc4ccccc4c(N)c3C2=O)c1. The van der Waals surface area contributed by atoms with E-state index >= 15 is 0 Å². The lowest BCUT2D eigenvalue weighted by Crippen LogP contribution is -2.18. The molecule has 0 amide bonds. The number of Topliss-reactive ketones (excluding diaryl/α,β-unsaturated/α-hetero) is 1. The number of hydrogen-bond donors (Lipinski definition) is 1. The lowest BCUT2D eigenvalue weighted by molar-refractivity contribution is 0.102. The predicted molar refractivity (Wildman–Crippen MR) is 99.8 cm³/mol. The van der Waals surface area contributed by atoms with Crippen LogP contribution in [0.2, 0.25) is 0 Å². The second-order valence-corrected chi connectivity index (χ2v) is 6.14. The number of pyridine rings is 1. The third-order valence-electron chi connectivity index (χ3n) is 4.59. The molecule has 0 radical (unpaired) electrons. The van der Waals surface area contributed by atoms with Crippen molar-refractivity contribution in [2.24, 2.45) is 0 Å². The first kappa shape index (κ1) is 15.4. The summed E-state index contributed by atoms with van der Waals surface area (Å²) < 4.78 is 5.25. The molecular formula is C21H18N2O2. The summed E-state index contributed by atoms with van der Waals surface area (Å²) in [4.78, 5) is 17.7. The molecule has 0 fully saturated rings. The lowest BCUT2D eigenvalue weighted by Gasteiger charge is -2.20. The Hall–Kier alpha value is -3.14. The van der Waals surface area contributed by atoms with Gasteiger partial charge in [0.25, 0.3) is 0 Å². The average Bonchev–Trinajstić information content (AvgIpc) is 2.64. The van der Waals surface area contributed by atoms with Gasteiger partial charge in [0, 0.05) is 11.0 Å². The Morgan fingerprint density at radius 3 is 2.80 bits per heavy atom. The summed E-state index contributed by atoms with van der Waals surface area (Å²) in [6.07, 6.45) is 3.29. The number of nitrogens with two attached hydrogens (primary N) is 1. The number of ether oxygens (including phenoxy) is 1. The summed E-state index contributed by atoms with van der Waals surface area (Å²) in [6.45, 7) is 0. The first-order chi connectivity index (χ1) is 12.2. The molecule has 2 N–H and O–H groups in total. The highest BCUT2D eigenvalue weighted by Crippen LogP contribution is 2.33. The Morgan fingerprint density at radius 1 is 1.12 bits per heavy atom. The van der Waals surface area contributed by atoms with E-state index in [1.807, 2.05) is 54.6 Å². The molecule has 0 aliphatic heterocycles. The maximum absolute atomic E-state index is 13.0. The number of para-hydroxylation sites is 1. The number of allylic oxidation sites excluding steroid dienone is 1. The fourth-order valence-electron chi connectivity index (χ4n) is 3.32. The van der Waals surface area contributed by atoms with Gasteiger partial charge in [-0.25, -0.2) is 0 Å². The molecule has 3 aromatic rings. The number of hydrogen-bond acceptors (Lipinski definition) is 4. The first-order valence-electron chi connectivity index (χ1n) is 8.24. The molecule has 0 atom stereocenters. The molecule has 4 rings (SSSR count). The van der Waals surface area contributed by atoms with E-state index in [0.29, 0.717) is 24.1 Å². The molecule has 1 heterocycles. The molecule has 0 spiro atoms. The molecule has 2 aromatic carbocycles. The smallest absolute Gasteiger partial charge is 0.192 e. The summed E-state index contributed by atoms with van der Waals surface area (Å²) in [5.74, 6) is 0.741. The van der Waals surface area contributed by atoms with Crippen molar-refractivity contribution in [2.45, 2.75) is 12.8 Å². The van der Waals surface area contributed by atoms with Crippen molar-refractivity contribution >= 4 is 28.4 Å². The van der Waals surface area contributed by atoms with Crippen LogP contribution in [0, 0.1) is 0 Å². The Labute approximate surface area is 145 Å². The minimum atomic E-state index is -0.0279. The van der Waals surface area contributed by atoms with Gasteiger partial charge >= 0.3 is 0 Å². The van der Waals surface area contributed by atoms with Crippen LogP contribution >= 0.6 is 0 Å². The van der Waals surface area contributed by atoms with E-state index in [2.05, 4.69) is 4.98 Å². The molecule has 0 saturated carbocycles. The monoisotopic (exact) mass is 330 g/mol. The zero-order chi connectivity index (χ0) is 17.4. The number of nitrogen functional groups attached to an aromatic ring is 1. The Morgan fingerprint density at radius 2 is 1.96 bits per heavy atom. The maximum atomic E-state index is 13.0. The van der Waals surface area contributed by atoms with Crippen LogP contribution in [0.4, 0.5) is 5.69 Å². The number of aryl methyl sites for hydroxylation is 1. The van der Waals surface area contributed by atoms with E-state index in [9.17, 15) is 4.79 Å². The minimum absolute atomic E-state index is 0.0279. The number of aromatic nitrogens is 1. The molecule has 1 aliphatic carbocycles. The number of fused-ring (bicyclic) bond motifs is 2. The number of carbonyl (C=O) groups is 1. The van der Waals surface area contributed by atoms with Crippen LogP contribution in [0.25, 0.3) is 17.0 Å². The van der Waals surface area contributed by atoms with Gasteiger partial charge in [-0.1, -0.05) is 30.3 Å². The van der Waals surface area contributed by atoms with Crippen LogP contribution in [0.1, 0.15) is 28.0 Å². The number of rotatable bonds is 2. The van der Waals surface area contributed by atoms with Crippen molar-refractivity contribution in [3.63, 3.8) is 0 Å². The minimum Gasteiger partial charge on any atom is -0.497 e. The molecule has 4 heteroatoms. The van der Waals surface area contributed by atoms with Crippen LogP contribution in [-0.2, 0) is 6.42 Å². The molecule has 0 saturated heterocycles. The normalized spacial score (nSPS) is 15.4. The van der Waals surface area contributed by atoms with E-state index in [4.69, 9.17) is 10.5 Å². The predicted octanol–water partition coefficient (Wildman–Crippen LogP) is 4.04. The summed E-state index contributed by atoms with van der Waals surface area (Å²) in [5, 5.41) is 0.831. The Balaban J connectivity index is 1.80. The fraction of sp³-hybridized carbons (Fsp3) is 0.143. The topological polar surface area (TPSA) is 65.2 Å². The summed E-state index contributed by atoms with van der Waals surface area (Å²) >= 11 is 0. The maximum Gasteiger partial charge on any atom is 0.192 e. The van der Waals surface area contributed by atoms with Gasteiger partial charge in [0.1, 0.15) is 5.75 Å². The van der Waals surface area contributed by atoms with Gasteiger partial charge in [-0.05, 0) is 42.7 Å². The number of carbonyl (C=O) groups excluding carboxylic acids is 1. The lowest BCUT2D eigenvalue weighted by atomic mass is 9.87. The fourth-order valence-corrected chi connectivity index (χ4v) is 3.32. The van der Waals surface area contributed by atoms with Crippen molar-refractivity contribution in [2.75, 3.05) is 12.8 Å². The van der Waals surface area contributed by atoms with Gasteiger partial charge in [0.2, 0.25) is 0 Å². The van der Waals surface area contributed by atoms with Gasteiger partial charge in [-0.15, -0.1) is 0 Å². The van der Waals surface area contributed by atoms with Crippen molar-refractivity contribution in [3.8, 4) is 5.75 Å². The standard InChI is InChI=1S/C21H18N2O2/c1-25-15-6-4-5-13(12-15)11-14-9-10-18-19(21(14)24)20(22)16-7-2-3-8-17(16)23-18/h2-8,11-12H,9-10H2,1H3,(H2,22,23)/b14-11+. The van der Waals surface area contributed by atoms with Crippen molar-refractivity contribution < 1.29 is 9.53 Å². The number of benzene rings is 2. The largest absolute Gasteiger partial charge is 0.497 e. The quantitative estimate of drug-likeness (QED) is 0.720. The second kappa shape index (κ2) is 6.06. The van der Waals surface area contributed by atoms with E-state index in [0.717, 1.165) is 33.5 Å². The van der Waals surface area contributed by atoms with Crippen LogP contribution in [0.3, 0.4) is 0 Å². The van der Waals surface area contributed by atoms with E-state index in [-0.39, 0.29) is 5.78 Å². The Bertz CT molecular complexity index is 1020. The third-order valence-corrected chi connectivity index (χ3v) is 4.59. The number of nitrogens with zero attached hydrogens (tertiary/aromatic N) is 1. The highest BCUT2D eigenvalue weighted by atomic mass is 16.5.